The van der Waals surface area contributed by atoms with E-state index in [1.54, 1.807) is 39.2 Å². The van der Waals surface area contributed by atoms with E-state index in [0.717, 1.165) is 11.1 Å². The molecule has 9 nitrogen and oxygen atoms in total. The number of amides is 1. The van der Waals surface area contributed by atoms with E-state index < -0.39 is 17.4 Å². The van der Waals surface area contributed by atoms with Crippen molar-refractivity contribution in [3.8, 4) is 11.8 Å². The highest BCUT2D eigenvalue weighted by Gasteiger charge is 2.75. The Hall–Kier alpha value is -4.04. The first-order chi connectivity index (χ1) is 19.0. The van der Waals surface area contributed by atoms with E-state index in [1.807, 2.05) is 35.8 Å². The van der Waals surface area contributed by atoms with Crippen molar-refractivity contribution < 1.29 is 18.3 Å². The number of carbonyl (C=O) groups is 1. The number of halogens is 2. The van der Waals surface area contributed by atoms with Crippen molar-refractivity contribution in [2.45, 2.75) is 50.7 Å². The molecule has 2 atom stereocenters. The van der Waals surface area contributed by atoms with Crippen molar-refractivity contribution in [2.75, 3.05) is 39.6 Å². The van der Waals surface area contributed by atoms with Gasteiger partial charge in [-0.2, -0.15) is 5.26 Å². The van der Waals surface area contributed by atoms with Crippen LogP contribution in [0.5, 0.6) is 5.75 Å². The maximum atomic E-state index is 15.4. The molecule has 1 fully saturated rings. The topological polar surface area (TPSA) is 99.3 Å². The number of rotatable bonds is 9. The van der Waals surface area contributed by atoms with Crippen molar-refractivity contribution >= 4 is 11.9 Å². The van der Waals surface area contributed by atoms with Crippen LogP contribution in [-0.2, 0) is 18.5 Å². The normalized spacial score (nSPS) is 19.9. The van der Waals surface area contributed by atoms with Gasteiger partial charge in [-0.05, 0) is 50.7 Å². The minimum atomic E-state index is -2.94. The number of nitriles is 1. The van der Waals surface area contributed by atoms with Crippen LogP contribution in [0.15, 0.2) is 36.8 Å². The Bertz CT molecular complexity index is 1500. The number of nitrogens with one attached hydrogen (secondary N) is 1. The number of imidazole rings is 1. The molecule has 1 aromatic carbocycles. The highest BCUT2D eigenvalue weighted by atomic mass is 19.3. The summed E-state index contributed by atoms with van der Waals surface area (Å²) in [5.74, 6) is -2.24. The van der Waals surface area contributed by atoms with Gasteiger partial charge in [-0.1, -0.05) is 6.07 Å². The highest BCUT2D eigenvalue weighted by molar-refractivity contribution is 5.99. The second kappa shape index (κ2) is 10.2. The van der Waals surface area contributed by atoms with Crippen LogP contribution in [0, 0.1) is 11.3 Å². The molecule has 0 unspecified atom stereocenters. The maximum Gasteiger partial charge on any atom is 0.260 e. The first kappa shape index (κ1) is 27.5. The first-order valence-electron chi connectivity index (χ1n) is 13.3. The lowest BCUT2D eigenvalue weighted by molar-refractivity contribution is 0.0450. The van der Waals surface area contributed by atoms with Crippen molar-refractivity contribution in [3.63, 3.8) is 0 Å². The Morgan fingerprint density at radius 2 is 2.02 bits per heavy atom. The van der Waals surface area contributed by atoms with Crippen LogP contribution >= 0.6 is 0 Å². The Morgan fingerprint density at radius 3 is 2.65 bits per heavy atom. The summed E-state index contributed by atoms with van der Waals surface area (Å²) < 4.78 is 38.2. The van der Waals surface area contributed by atoms with Gasteiger partial charge < -0.3 is 24.4 Å². The van der Waals surface area contributed by atoms with Gasteiger partial charge in [-0.15, -0.1) is 0 Å². The standard InChI is InChI=1S/C29H33F2N7O2/c1-6-40-24-11-23(35-13-21(24)12-32)18(2)38-17-28(16-29(28,30)31)25-20(15-36(4)5)9-19(10-22(25)26(38)39)14-37-8-7-34-27(37)33-3/h7-11,13,18H,6,14-17H2,1-5H3,(H,33,34)/t18-,28-/m1/s1. The van der Waals surface area contributed by atoms with Crippen LogP contribution < -0.4 is 10.1 Å². The van der Waals surface area contributed by atoms with Crippen molar-refractivity contribution in [1.29, 1.82) is 5.26 Å². The number of fused-ring (bicyclic) bond motifs is 2. The predicted octanol–water partition coefficient (Wildman–Crippen LogP) is 4.19. The number of carbonyl (C=O) groups excluding carboxylic acids is 1. The van der Waals surface area contributed by atoms with Gasteiger partial charge in [0.1, 0.15) is 17.4 Å². The van der Waals surface area contributed by atoms with Crippen molar-refractivity contribution in [2.24, 2.45) is 0 Å². The molecule has 0 bridgehead atoms. The van der Waals surface area contributed by atoms with Gasteiger partial charge >= 0.3 is 0 Å². The molecule has 40 heavy (non-hydrogen) atoms. The number of pyridine rings is 1. The summed E-state index contributed by atoms with van der Waals surface area (Å²) in [6.45, 7) is 4.66. The van der Waals surface area contributed by atoms with Crippen LogP contribution in [-0.4, -0.2) is 70.5 Å². The second-order valence-corrected chi connectivity index (χ2v) is 10.8. The molecule has 1 aliphatic heterocycles. The lowest BCUT2D eigenvalue weighted by Gasteiger charge is -2.40. The predicted molar refractivity (Wildman–Crippen MR) is 146 cm³/mol. The maximum absolute atomic E-state index is 15.4. The fraction of sp³-hybridized carbons (Fsp3) is 0.448. The molecule has 0 saturated heterocycles. The minimum absolute atomic E-state index is 0.121. The number of alkyl halides is 2. The summed E-state index contributed by atoms with van der Waals surface area (Å²) in [4.78, 5) is 26.2. The van der Waals surface area contributed by atoms with Gasteiger partial charge in [-0.25, -0.2) is 13.8 Å². The molecule has 2 aromatic heterocycles. The molecule has 11 heteroatoms. The molecule has 3 aromatic rings. The van der Waals surface area contributed by atoms with E-state index in [9.17, 15) is 10.1 Å². The number of anilines is 1. The van der Waals surface area contributed by atoms with Gasteiger partial charge in [0.05, 0.1) is 30.3 Å². The quantitative estimate of drug-likeness (QED) is 0.427. The minimum Gasteiger partial charge on any atom is -0.492 e. The van der Waals surface area contributed by atoms with Crippen LogP contribution in [0.25, 0.3) is 0 Å². The molecular weight excluding hydrogens is 516 g/mol. The highest BCUT2D eigenvalue weighted by Crippen LogP contribution is 2.65. The molecule has 1 amide bonds. The van der Waals surface area contributed by atoms with Crippen LogP contribution in [0.4, 0.5) is 14.7 Å². The number of ether oxygens (including phenoxy) is 1. The average Bonchev–Trinajstić information content (AvgIpc) is 3.20. The fourth-order valence-corrected chi connectivity index (χ4v) is 5.81. The Balaban J connectivity index is 1.61. The van der Waals surface area contributed by atoms with E-state index in [0.29, 0.717) is 48.2 Å². The first-order valence-corrected chi connectivity index (χ1v) is 13.3. The fourth-order valence-electron chi connectivity index (χ4n) is 5.81. The third kappa shape index (κ3) is 4.56. The Morgan fingerprint density at radius 1 is 1.27 bits per heavy atom. The average molecular weight is 550 g/mol. The summed E-state index contributed by atoms with van der Waals surface area (Å²) in [6.07, 6.45) is 4.59. The molecule has 1 spiro atoms. The lowest BCUT2D eigenvalue weighted by atomic mass is 9.80. The SMILES string of the molecule is CCOc1cc([C@@H](C)N2C[C@]3(CC3(F)F)c3c(CN(C)C)cc(Cn4ccnc4NC)cc3C2=O)ncc1C#N. The summed E-state index contributed by atoms with van der Waals surface area (Å²) >= 11 is 0. The lowest BCUT2D eigenvalue weighted by Crippen LogP contribution is -2.47. The van der Waals surface area contributed by atoms with Crippen LogP contribution in [0.3, 0.4) is 0 Å². The zero-order valence-electron chi connectivity index (χ0n) is 23.3. The zero-order valence-corrected chi connectivity index (χ0v) is 23.3. The molecular formula is C29H33F2N7O2. The van der Waals surface area contributed by atoms with Gasteiger partial charge in [0.25, 0.3) is 11.8 Å². The number of aromatic nitrogens is 3. The Kier molecular flexibility index (Phi) is 7.00. The van der Waals surface area contributed by atoms with Crippen LogP contribution in [0.2, 0.25) is 0 Å². The molecule has 210 valence electrons. The molecule has 1 N–H and O–H groups in total. The molecule has 1 aliphatic carbocycles. The van der Waals surface area contributed by atoms with Crippen LogP contribution in [0.1, 0.15) is 64.6 Å². The molecule has 0 radical (unpaired) electrons. The molecule has 3 heterocycles. The van der Waals surface area contributed by atoms with Gasteiger partial charge in [0.2, 0.25) is 5.95 Å². The zero-order chi connectivity index (χ0) is 28.8. The number of benzene rings is 1. The van der Waals surface area contributed by atoms with Crippen molar-refractivity contribution in [3.05, 3.63) is 70.3 Å². The van der Waals surface area contributed by atoms with E-state index in [1.165, 1.54) is 11.1 Å². The van der Waals surface area contributed by atoms with E-state index in [4.69, 9.17) is 4.74 Å². The number of hydrogen-bond donors (Lipinski definition) is 1. The summed E-state index contributed by atoms with van der Waals surface area (Å²) in [6, 6.07) is 6.75. The van der Waals surface area contributed by atoms with E-state index >= 15 is 8.78 Å². The monoisotopic (exact) mass is 549 g/mol. The van der Waals surface area contributed by atoms with E-state index in [-0.39, 0.29) is 24.4 Å². The summed E-state index contributed by atoms with van der Waals surface area (Å²) in [7, 11) is 5.55. The van der Waals surface area contributed by atoms with E-state index in [2.05, 4.69) is 21.4 Å². The molecule has 1 saturated carbocycles. The summed E-state index contributed by atoms with van der Waals surface area (Å²) in [5.41, 5.74) is 1.59. The third-order valence-electron chi connectivity index (χ3n) is 7.77. The Labute approximate surface area is 232 Å². The second-order valence-electron chi connectivity index (χ2n) is 10.8. The molecule has 5 rings (SSSR count). The number of hydrogen-bond acceptors (Lipinski definition) is 7. The van der Waals surface area contributed by atoms with Gasteiger partial charge in [-0.3, -0.25) is 9.78 Å². The smallest absolute Gasteiger partial charge is 0.260 e. The van der Waals surface area contributed by atoms with Crippen molar-refractivity contribution in [1.82, 2.24) is 24.3 Å². The largest absolute Gasteiger partial charge is 0.492 e. The molecule has 2 aliphatic rings. The van der Waals surface area contributed by atoms with Gasteiger partial charge in [0.15, 0.2) is 0 Å². The number of nitrogens with zero attached hydrogens (tertiary/aromatic N) is 6. The summed E-state index contributed by atoms with van der Waals surface area (Å²) in [5, 5.41) is 12.5. The third-order valence-corrected chi connectivity index (χ3v) is 7.77. The van der Waals surface area contributed by atoms with Gasteiger partial charge in [0, 0.05) is 56.8 Å².